The Hall–Kier alpha value is -1.84. The minimum atomic E-state index is 0.0751. The summed E-state index contributed by atoms with van der Waals surface area (Å²) in [6.07, 6.45) is 0.900. The molecule has 0 aliphatic rings. The molecule has 20 heavy (non-hydrogen) atoms. The van der Waals surface area contributed by atoms with Crippen LogP contribution in [0.2, 0.25) is 0 Å². The smallest absolute Gasteiger partial charge is 0.119 e. The van der Waals surface area contributed by atoms with Crippen LogP contribution in [0.5, 0.6) is 5.75 Å². The van der Waals surface area contributed by atoms with E-state index in [2.05, 4.69) is 24.3 Å². The summed E-state index contributed by atoms with van der Waals surface area (Å²) in [7, 11) is 1.69. The lowest BCUT2D eigenvalue weighted by Crippen LogP contribution is -2.24. The highest BCUT2D eigenvalue weighted by molar-refractivity contribution is 5.28. The number of hydrogen-bond acceptors (Lipinski definition) is 3. The second kappa shape index (κ2) is 7.68. The molecule has 0 radical (unpaired) electrons. The fourth-order valence-corrected chi connectivity index (χ4v) is 1.99. The maximum atomic E-state index is 5.75. The number of benzene rings is 2. The molecule has 0 amide bonds. The Bertz CT molecular complexity index is 492. The molecule has 0 unspecified atom stereocenters. The summed E-state index contributed by atoms with van der Waals surface area (Å²) in [5.41, 5.74) is 7.99. The van der Waals surface area contributed by atoms with Crippen molar-refractivity contribution < 1.29 is 9.47 Å². The third kappa shape index (κ3) is 4.37. The van der Waals surface area contributed by atoms with Crippen LogP contribution in [0.15, 0.2) is 54.6 Å². The number of methoxy groups -OCH3 is 1. The maximum absolute atomic E-state index is 5.75. The van der Waals surface area contributed by atoms with E-state index < -0.39 is 0 Å². The van der Waals surface area contributed by atoms with Crippen molar-refractivity contribution in [1.82, 2.24) is 0 Å². The van der Waals surface area contributed by atoms with Gasteiger partial charge in [0, 0.05) is 13.7 Å². The lowest BCUT2D eigenvalue weighted by Gasteiger charge is -2.13. The molecule has 2 rings (SSSR count). The van der Waals surface area contributed by atoms with Crippen LogP contribution >= 0.6 is 0 Å². The third-order valence-electron chi connectivity index (χ3n) is 3.23. The summed E-state index contributed by atoms with van der Waals surface area (Å²) in [4.78, 5) is 0. The lowest BCUT2D eigenvalue weighted by molar-refractivity contribution is 0.110. The molecule has 0 heterocycles. The first-order chi connectivity index (χ1) is 9.81. The first kappa shape index (κ1) is 14.6. The molecule has 0 aromatic heterocycles. The second-order valence-corrected chi connectivity index (χ2v) is 4.72. The molecule has 0 spiro atoms. The van der Waals surface area contributed by atoms with Crippen molar-refractivity contribution in [2.24, 2.45) is 5.73 Å². The second-order valence-electron chi connectivity index (χ2n) is 4.72. The Morgan fingerprint density at radius 1 is 0.950 bits per heavy atom. The molecule has 2 aromatic rings. The molecule has 1 atom stereocenters. The summed E-state index contributed by atoms with van der Waals surface area (Å²) in [6.45, 7) is 1.12. The summed E-state index contributed by atoms with van der Waals surface area (Å²) in [5.74, 6) is 0.874. The van der Waals surface area contributed by atoms with Crippen molar-refractivity contribution in [3.8, 4) is 5.75 Å². The summed E-state index contributed by atoms with van der Waals surface area (Å²) < 4.78 is 11.0. The van der Waals surface area contributed by atoms with Crippen LogP contribution in [-0.4, -0.2) is 19.8 Å². The van der Waals surface area contributed by atoms with Crippen LogP contribution in [0.4, 0.5) is 0 Å². The molecule has 2 N–H and O–H groups in total. The molecule has 0 saturated heterocycles. The Labute approximate surface area is 120 Å². The third-order valence-corrected chi connectivity index (χ3v) is 3.23. The van der Waals surface area contributed by atoms with Gasteiger partial charge in [-0.25, -0.2) is 0 Å². The summed E-state index contributed by atoms with van der Waals surface area (Å²) >= 11 is 0. The normalized spacial score (nSPS) is 12.1. The van der Waals surface area contributed by atoms with Gasteiger partial charge < -0.3 is 15.2 Å². The van der Waals surface area contributed by atoms with Gasteiger partial charge in [0.1, 0.15) is 12.4 Å². The van der Waals surface area contributed by atoms with Gasteiger partial charge in [0.2, 0.25) is 0 Å². The van der Waals surface area contributed by atoms with E-state index in [0.717, 1.165) is 12.2 Å². The van der Waals surface area contributed by atoms with Crippen LogP contribution in [-0.2, 0) is 17.8 Å². The molecule has 0 saturated carbocycles. The van der Waals surface area contributed by atoms with Gasteiger partial charge in [0.15, 0.2) is 0 Å². The highest BCUT2D eigenvalue weighted by Gasteiger charge is 2.06. The monoisotopic (exact) mass is 271 g/mol. The minimum absolute atomic E-state index is 0.0751. The van der Waals surface area contributed by atoms with Crippen LogP contribution in [0.3, 0.4) is 0 Å². The van der Waals surface area contributed by atoms with Crippen LogP contribution in [0.25, 0.3) is 0 Å². The quantitative estimate of drug-likeness (QED) is 0.842. The van der Waals surface area contributed by atoms with Crippen LogP contribution in [0, 0.1) is 0 Å². The molecule has 0 fully saturated rings. The van der Waals surface area contributed by atoms with E-state index in [0.29, 0.717) is 13.2 Å². The zero-order valence-corrected chi connectivity index (χ0v) is 11.8. The van der Waals surface area contributed by atoms with Gasteiger partial charge in [-0.2, -0.15) is 0 Å². The van der Waals surface area contributed by atoms with E-state index >= 15 is 0 Å². The van der Waals surface area contributed by atoms with E-state index in [1.165, 1.54) is 11.1 Å². The number of ether oxygens (including phenoxy) is 2. The highest BCUT2D eigenvalue weighted by atomic mass is 16.5. The average Bonchev–Trinajstić information content (AvgIpc) is 2.53. The van der Waals surface area contributed by atoms with E-state index in [-0.39, 0.29) is 6.10 Å². The minimum Gasteiger partial charge on any atom is -0.489 e. The zero-order chi connectivity index (χ0) is 14.2. The Balaban J connectivity index is 1.88. The predicted molar refractivity (Wildman–Crippen MR) is 80.8 cm³/mol. The fourth-order valence-electron chi connectivity index (χ4n) is 1.99. The standard InChI is InChI=1S/C17H21NO2/c1-19-17(12-18)11-14-7-9-16(10-8-14)20-13-15-5-3-2-4-6-15/h2-10,17H,11-13,18H2,1H3/t17-/m0/s1. The van der Waals surface area contributed by atoms with Gasteiger partial charge in [-0.15, -0.1) is 0 Å². The van der Waals surface area contributed by atoms with Crippen molar-refractivity contribution in [3.63, 3.8) is 0 Å². The lowest BCUT2D eigenvalue weighted by atomic mass is 10.1. The number of hydrogen-bond donors (Lipinski definition) is 1. The van der Waals surface area contributed by atoms with Crippen LogP contribution in [0.1, 0.15) is 11.1 Å². The predicted octanol–water partition coefficient (Wildman–Crippen LogP) is 2.78. The molecule has 106 valence electrons. The highest BCUT2D eigenvalue weighted by Crippen LogP contribution is 2.15. The van der Waals surface area contributed by atoms with Gasteiger partial charge in [-0.05, 0) is 29.7 Å². The van der Waals surface area contributed by atoms with Gasteiger partial charge in [0.05, 0.1) is 6.10 Å². The van der Waals surface area contributed by atoms with Crippen molar-refractivity contribution in [3.05, 3.63) is 65.7 Å². The van der Waals surface area contributed by atoms with Gasteiger partial charge >= 0.3 is 0 Å². The number of rotatable bonds is 7. The van der Waals surface area contributed by atoms with E-state index in [4.69, 9.17) is 15.2 Å². The van der Waals surface area contributed by atoms with Gasteiger partial charge in [-0.1, -0.05) is 42.5 Å². The van der Waals surface area contributed by atoms with Crippen molar-refractivity contribution in [2.45, 2.75) is 19.1 Å². The van der Waals surface area contributed by atoms with Crippen molar-refractivity contribution in [2.75, 3.05) is 13.7 Å². The molecule has 0 bridgehead atoms. The maximum Gasteiger partial charge on any atom is 0.119 e. The van der Waals surface area contributed by atoms with E-state index in [1.807, 2.05) is 30.3 Å². The molecular formula is C17H21NO2. The zero-order valence-electron chi connectivity index (χ0n) is 11.8. The topological polar surface area (TPSA) is 44.5 Å². The molecule has 0 aliphatic heterocycles. The summed E-state index contributed by atoms with van der Waals surface area (Å²) in [5, 5.41) is 0. The largest absolute Gasteiger partial charge is 0.489 e. The van der Waals surface area contributed by atoms with E-state index in [9.17, 15) is 0 Å². The Morgan fingerprint density at radius 2 is 1.65 bits per heavy atom. The Morgan fingerprint density at radius 3 is 2.25 bits per heavy atom. The van der Waals surface area contributed by atoms with Gasteiger partial charge in [0.25, 0.3) is 0 Å². The van der Waals surface area contributed by atoms with Crippen LogP contribution < -0.4 is 10.5 Å². The first-order valence-electron chi connectivity index (χ1n) is 6.80. The first-order valence-corrected chi connectivity index (χ1v) is 6.80. The fraction of sp³-hybridized carbons (Fsp3) is 0.294. The molecule has 3 heteroatoms. The average molecular weight is 271 g/mol. The Kier molecular flexibility index (Phi) is 5.59. The molecular weight excluding hydrogens is 250 g/mol. The molecule has 3 nitrogen and oxygen atoms in total. The summed E-state index contributed by atoms with van der Waals surface area (Å²) in [6, 6.07) is 18.2. The van der Waals surface area contributed by atoms with Crippen molar-refractivity contribution in [1.29, 1.82) is 0 Å². The SMILES string of the molecule is CO[C@H](CN)Cc1ccc(OCc2ccccc2)cc1. The van der Waals surface area contributed by atoms with Crippen molar-refractivity contribution >= 4 is 0 Å². The van der Waals surface area contributed by atoms with Gasteiger partial charge in [-0.3, -0.25) is 0 Å². The molecule has 0 aliphatic carbocycles. The van der Waals surface area contributed by atoms with E-state index in [1.54, 1.807) is 7.11 Å². The number of nitrogens with two attached hydrogens (primary N) is 1. The molecule has 2 aromatic carbocycles.